The molecule has 0 bridgehead atoms. The highest BCUT2D eigenvalue weighted by Crippen LogP contribution is 2.20. The van der Waals surface area contributed by atoms with Crippen LogP contribution < -0.4 is 5.32 Å². The van der Waals surface area contributed by atoms with Crippen molar-refractivity contribution >= 4 is 0 Å². The number of nitrogens with zero attached hydrogens (tertiary/aromatic N) is 2. The fraction of sp³-hybridized carbons (Fsp3) is 0.727. The van der Waals surface area contributed by atoms with Gasteiger partial charge in [0, 0.05) is 12.2 Å². The minimum Gasteiger partial charge on any atom is -0.314 e. The maximum Gasteiger partial charge on any atom is 0.0794 e. The molecule has 0 aliphatic rings. The summed E-state index contributed by atoms with van der Waals surface area (Å²) in [6.07, 6.45) is 0. The van der Waals surface area contributed by atoms with Crippen LogP contribution >= 0.6 is 0 Å². The summed E-state index contributed by atoms with van der Waals surface area (Å²) in [4.78, 5) is 0. The summed E-state index contributed by atoms with van der Waals surface area (Å²) in [6, 6.07) is 0. The summed E-state index contributed by atoms with van der Waals surface area (Å²) in [7, 11) is 1.95. The van der Waals surface area contributed by atoms with Gasteiger partial charge in [-0.15, -0.1) is 0 Å². The molecule has 1 N–H and O–H groups in total. The lowest BCUT2D eigenvalue weighted by molar-refractivity contribution is 0.345. The van der Waals surface area contributed by atoms with Gasteiger partial charge in [0.05, 0.1) is 11.2 Å². The van der Waals surface area contributed by atoms with Crippen molar-refractivity contribution in [3.8, 4) is 0 Å². The Morgan fingerprint density at radius 2 is 1.86 bits per heavy atom. The number of rotatable bonds is 2. The first-order valence-corrected chi connectivity index (χ1v) is 5.08. The zero-order valence-corrected chi connectivity index (χ0v) is 10.1. The maximum atomic E-state index is 4.62. The highest BCUT2D eigenvalue weighted by Gasteiger charge is 2.19. The summed E-state index contributed by atoms with van der Waals surface area (Å²) in [6.45, 7) is 11.6. The van der Waals surface area contributed by atoms with Gasteiger partial charge in [-0.05, 0) is 47.2 Å². The molecule has 0 radical (unpaired) electrons. The molecule has 0 fully saturated rings. The van der Waals surface area contributed by atoms with Crippen LogP contribution in [0.1, 0.15) is 37.7 Å². The third-order valence-corrected chi connectivity index (χ3v) is 2.49. The van der Waals surface area contributed by atoms with E-state index in [0.29, 0.717) is 0 Å². The van der Waals surface area contributed by atoms with Crippen LogP contribution in [-0.2, 0) is 12.1 Å². The molecule has 1 aromatic heterocycles. The second-order valence-corrected chi connectivity index (χ2v) is 4.77. The molecule has 0 saturated carbocycles. The van der Waals surface area contributed by atoms with Gasteiger partial charge in [-0.25, -0.2) is 0 Å². The molecule has 0 unspecified atom stereocenters. The lowest BCUT2D eigenvalue weighted by Gasteiger charge is -2.21. The Morgan fingerprint density at radius 1 is 1.29 bits per heavy atom. The van der Waals surface area contributed by atoms with E-state index in [1.54, 1.807) is 0 Å². The van der Waals surface area contributed by atoms with E-state index in [9.17, 15) is 0 Å². The molecule has 80 valence electrons. The van der Waals surface area contributed by atoms with Gasteiger partial charge in [-0.3, -0.25) is 4.68 Å². The molecule has 0 saturated heterocycles. The van der Waals surface area contributed by atoms with Crippen molar-refractivity contribution in [2.24, 2.45) is 0 Å². The van der Waals surface area contributed by atoms with Crippen LogP contribution in [0.3, 0.4) is 0 Å². The molecule has 1 heterocycles. The zero-order valence-electron chi connectivity index (χ0n) is 10.1. The topological polar surface area (TPSA) is 29.9 Å². The molecule has 0 spiro atoms. The summed E-state index contributed by atoms with van der Waals surface area (Å²) < 4.78 is 2.11. The van der Waals surface area contributed by atoms with Crippen LogP contribution in [0, 0.1) is 13.8 Å². The smallest absolute Gasteiger partial charge is 0.0794 e. The second-order valence-electron chi connectivity index (χ2n) is 4.77. The number of hydrogen-bond donors (Lipinski definition) is 1. The van der Waals surface area contributed by atoms with Crippen LogP contribution in [0.4, 0.5) is 0 Å². The average molecular weight is 195 g/mol. The van der Waals surface area contributed by atoms with Crippen LogP contribution in [0.2, 0.25) is 0 Å². The Balaban J connectivity index is 3.15. The molecule has 14 heavy (non-hydrogen) atoms. The van der Waals surface area contributed by atoms with E-state index in [-0.39, 0.29) is 5.54 Å². The molecule has 0 atom stereocenters. The van der Waals surface area contributed by atoms with E-state index in [2.05, 4.69) is 49.7 Å². The average Bonchev–Trinajstić information content (AvgIpc) is 2.32. The summed E-state index contributed by atoms with van der Waals surface area (Å²) in [5.74, 6) is 0. The first-order chi connectivity index (χ1) is 6.38. The largest absolute Gasteiger partial charge is 0.314 e. The van der Waals surface area contributed by atoms with Crippen molar-refractivity contribution in [3.05, 3.63) is 17.0 Å². The second kappa shape index (κ2) is 3.73. The Hall–Kier alpha value is -0.830. The number of aromatic nitrogens is 2. The van der Waals surface area contributed by atoms with Crippen LogP contribution in [0.15, 0.2) is 0 Å². The quantitative estimate of drug-likeness (QED) is 0.782. The number of nitrogens with one attached hydrogen (secondary N) is 1. The van der Waals surface area contributed by atoms with Crippen molar-refractivity contribution in [2.45, 2.75) is 46.7 Å². The Labute approximate surface area is 86.5 Å². The number of hydrogen-bond acceptors (Lipinski definition) is 2. The van der Waals surface area contributed by atoms with Crippen molar-refractivity contribution in [2.75, 3.05) is 7.05 Å². The molecule has 0 amide bonds. The Kier molecular flexibility index (Phi) is 3.00. The predicted molar refractivity (Wildman–Crippen MR) is 59.5 cm³/mol. The van der Waals surface area contributed by atoms with Gasteiger partial charge < -0.3 is 5.32 Å². The van der Waals surface area contributed by atoms with Gasteiger partial charge >= 0.3 is 0 Å². The fourth-order valence-electron chi connectivity index (χ4n) is 1.63. The first-order valence-electron chi connectivity index (χ1n) is 5.08. The van der Waals surface area contributed by atoms with Crippen molar-refractivity contribution in [1.29, 1.82) is 0 Å². The van der Waals surface area contributed by atoms with Gasteiger partial charge in [-0.2, -0.15) is 5.10 Å². The van der Waals surface area contributed by atoms with Gasteiger partial charge in [-0.1, -0.05) is 0 Å². The fourth-order valence-corrected chi connectivity index (χ4v) is 1.63. The van der Waals surface area contributed by atoms with Crippen LogP contribution in [0.25, 0.3) is 0 Å². The van der Waals surface area contributed by atoms with Crippen LogP contribution in [0.5, 0.6) is 0 Å². The van der Waals surface area contributed by atoms with E-state index in [4.69, 9.17) is 0 Å². The summed E-state index contributed by atoms with van der Waals surface area (Å²) >= 11 is 0. The molecule has 0 aliphatic carbocycles. The Bertz CT molecular complexity index is 318. The van der Waals surface area contributed by atoms with Crippen molar-refractivity contribution < 1.29 is 0 Å². The van der Waals surface area contributed by atoms with Gasteiger partial charge in [0.25, 0.3) is 0 Å². The third-order valence-electron chi connectivity index (χ3n) is 2.49. The van der Waals surface area contributed by atoms with E-state index >= 15 is 0 Å². The molecular formula is C11H21N3. The maximum absolute atomic E-state index is 4.62. The monoisotopic (exact) mass is 195 g/mol. The predicted octanol–water partition coefficient (Wildman–Crippen LogP) is 1.97. The standard InChI is InChI=1S/C11H21N3/c1-8-9(2)14(11(3,4)5)13-10(8)7-12-6/h12H,7H2,1-6H3. The Morgan fingerprint density at radius 3 is 2.21 bits per heavy atom. The molecule has 0 aliphatic heterocycles. The SMILES string of the molecule is CNCc1nn(C(C)(C)C)c(C)c1C. The normalized spacial score (nSPS) is 12.1. The zero-order chi connectivity index (χ0) is 10.9. The molecule has 3 heteroatoms. The minimum atomic E-state index is 0.0703. The molecule has 3 nitrogen and oxygen atoms in total. The van der Waals surface area contributed by atoms with E-state index in [1.807, 2.05) is 7.05 Å². The molecule has 1 aromatic rings. The van der Waals surface area contributed by atoms with E-state index in [1.165, 1.54) is 11.3 Å². The van der Waals surface area contributed by atoms with Gasteiger partial charge in [0.15, 0.2) is 0 Å². The van der Waals surface area contributed by atoms with E-state index in [0.717, 1.165) is 12.2 Å². The molecular weight excluding hydrogens is 174 g/mol. The third kappa shape index (κ3) is 1.98. The highest BCUT2D eigenvalue weighted by atomic mass is 15.3. The van der Waals surface area contributed by atoms with Crippen molar-refractivity contribution in [3.63, 3.8) is 0 Å². The minimum absolute atomic E-state index is 0.0703. The highest BCUT2D eigenvalue weighted by molar-refractivity contribution is 5.24. The van der Waals surface area contributed by atoms with E-state index < -0.39 is 0 Å². The first kappa shape index (κ1) is 11.2. The summed E-state index contributed by atoms with van der Waals surface area (Å²) in [5.41, 5.74) is 3.79. The summed E-state index contributed by atoms with van der Waals surface area (Å²) in [5, 5.41) is 7.77. The lowest BCUT2D eigenvalue weighted by atomic mass is 10.1. The lowest BCUT2D eigenvalue weighted by Crippen LogP contribution is -2.24. The van der Waals surface area contributed by atoms with Gasteiger partial charge in [0.1, 0.15) is 0 Å². The molecule has 0 aromatic carbocycles. The van der Waals surface area contributed by atoms with Gasteiger partial charge in [0.2, 0.25) is 0 Å². The van der Waals surface area contributed by atoms with Crippen LogP contribution in [-0.4, -0.2) is 16.8 Å². The van der Waals surface area contributed by atoms with Crippen molar-refractivity contribution in [1.82, 2.24) is 15.1 Å². The molecule has 1 rings (SSSR count).